The first-order valence-corrected chi connectivity index (χ1v) is 7.15. The van der Waals surface area contributed by atoms with E-state index >= 15 is 0 Å². The first-order valence-electron chi connectivity index (χ1n) is 7.15. The molecule has 4 nitrogen and oxygen atoms in total. The van der Waals surface area contributed by atoms with Crippen LogP contribution in [0.1, 0.15) is 62.6 Å². The largest absolute Gasteiger partial charge is 0.312 e. The van der Waals surface area contributed by atoms with Gasteiger partial charge in [0.15, 0.2) is 0 Å². The van der Waals surface area contributed by atoms with E-state index in [1.165, 1.54) is 0 Å². The summed E-state index contributed by atoms with van der Waals surface area (Å²) in [4.78, 5) is 0. The maximum Gasteiger partial charge on any atom is 0.248 e. The summed E-state index contributed by atoms with van der Waals surface area (Å²) in [7, 11) is 0. The van der Waals surface area contributed by atoms with Gasteiger partial charge in [-0.3, -0.25) is 0 Å². The lowest BCUT2D eigenvalue weighted by Gasteiger charge is -2.30. The van der Waals surface area contributed by atoms with Gasteiger partial charge in [0.25, 0.3) is 0 Å². The van der Waals surface area contributed by atoms with Gasteiger partial charge in [-0.1, -0.05) is 6.92 Å². The number of aromatic nitrogens is 3. The molecule has 1 N–H and O–H groups in total. The van der Waals surface area contributed by atoms with Crippen molar-refractivity contribution in [3.05, 3.63) is 11.6 Å². The summed E-state index contributed by atoms with van der Waals surface area (Å²) in [6.45, 7) is 3.86. The van der Waals surface area contributed by atoms with Gasteiger partial charge in [-0.2, -0.15) is 0 Å². The third-order valence-corrected chi connectivity index (χ3v) is 4.34. The second kappa shape index (κ2) is 4.81. The molecule has 1 aliphatic carbocycles. The first-order chi connectivity index (χ1) is 9.11. The predicted molar refractivity (Wildman–Crippen MR) is 67.2 cm³/mol. The standard InChI is InChI=1S/C13H20F2N4/c1-2-10-12-18-17-11(19(12)8-7-16-10)9-3-5-13(14,15)6-4-9/h9-10,16H,2-8H2,1H3. The Labute approximate surface area is 111 Å². The Morgan fingerprint density at radius 1 is 1.26 bits per heavy atom. The summed E-state index contributed by atoms with van der Waals surface area (Å²) < 4.78 is 28.6. The Morgan fingerprint density at radius 2 is 1.95 bits per heavy atom. The quantitative estimate of drug-likeness (QED) is 0.898. The molecule has 1 fully saturated rings. The molecule has 0 aromatic carbocycles. The molecule has 3 rings (SSSR count). The SMILES string of the molecule is CCC1NCCn2c(C3CCC(F)(F)CC3)nnc21. The average molecular weight is 270 g/mol. The molecule has 1 atom stereocenters. The van der Waals surface area contributed by atoms with Crippen LogP contribution in [0.5, 0.6) is 0 Å². The van der Waals surface area contributed by atoms with Crippen LogP contribution in [0.25, 0.3) is 0 Å². The monoisotopic (exact) mass is 270 g/mol. The van der Waals surface area contributed by atoms with Crippen LogP contribution in [0.15, 0.2) is 0 Å². The molecule has 6 heteroatoms. The number of hydrogen-bond donors (Lipinski definition) is 1. The normalized spacial score (nSPS) is 27.2. The lowest BCUT2D eigenvalue weighted by Crippen LogP contribution is -2.34. The predicted octanol–water partition coefficient (Wildman–Crippen LogP) is 2.63. The van der Waals surface area contributed by atoms with Gasteiger partial charge in [0.2, 0.25) is 5.92 Å². The molecule has 0 saturated heterocycles. The maximum atomic E-state index is 13.2. The van der Waals surface area contributed by atoms with Crippen molar-refractivity contribution in [2.75, 3.05) is 6.54 Å². The number of rotatable bonds is 2. The van der Waals surface area contributed by atoms with Gasteiger partial charge in [-0.25, -0.2) is 8.78 Å². The van der Waals surface area contributed by atoms with Crippen molar-refractivity contribution in [1.82, 2.24) is 20.1 Å². The van der Waals surface area contributed by atoms with Crippen LogP contribution >= 0.6 is 0 Å². The van der Waals surface area contributed by atoms with Crippen molar-refractivity contribution >= 4 is 0 Å². The minimum Gasteiger partial charge on any atom is -0.312 e. The fourth-order valence-electron chi connectivity index (χ4n) is 3.18. The van der Waals surface area contributed by atoms with Crippen LogP contribution in [-0.2, 0) is 6.54 Å². The Kier molecular flexibility index (Phi) is 3.28. The van der Waals surface area contributed by atoms with Crippen molar-refractivity contribution < 1.29 is 8.78 Å². The fraction of sp³-hybridized carbons (Fsp3) is 0.846. The van der Waals surface area contributed by atoms with Crippen molar-refractivity contribution in [2.24, 2.45) is 0 Å². The van der Waals surface area contributed by atoms with E-state index in [0.29, 0.717) is 12.8 Å². The molecule has 1 saturated carbocycles. The zero-order chi connectivity index (χ0) is 13.5. The van der Waals surface area contributed by atoms with Crippen molar-refractivity contribution in [3.8, 4) is 0 Å². The van der Waals surface area contributed by atoms with E-state index < -0.39 is 5.92 Å². The van der Waals surface area contributed by atoms with Crippen molar-refractivity contribution in [2.45, 2.75) is 63.5 Å². The summed E-state index contributed by atoms with van der Waals surface area (Å²) in [5.74, 6) is -0.433. The summed E-state index contributed by atoms with van der Waals surface area (Å²) in [6.07, 6.45) is 1.98. The molecule has 1 aliphatic heterocycles. The first kappa shape index (κ1) is 13.0. The number of halogens is 2. The molecule has 0 bridgehead atoms. The Bertz CT molecular complexity index is 447. The highest BCUT2D eigenvalue weighted by molar-refractivity contribution is 5.09. The Balaban J connectivity index is 1.81. The van der Waals surface area contributed by atoms with Crippen molar-refractivity contribution in [3.63, 3.8) is 0 Å². The van der Waals surface area contributed by atoms with E-state index in [9.17, 15) is 8.78 Å². The van der Waals surface area contributed by atoms with Crippen LogP contribution in [-0.4, -0.2) is 27.2 Å². The molecular formula is C13H20F2N4. The van der Waals surface area contributed by atoms with Gasteiger partial charge >= 0.3 is 0 Å². The molecular weight excluding hydrogens is 250 g/mol. The van der Waals surface area contributed by atoms with E-state index in [1.807, 2.05) is 0 Å². The van der Waals surface area contributed by atoms with Crippen LogP contribution < -0.4 is 5.32 Å². The van der Waals surface area contributed by atoms with Gasteiger partial charge < -0.3 is 9.88 Å². The lowest BCUT2D eigenvalue weighted by atomic mass is 9.86. The summed E-state index contributed by atoms with van der Waals surface area (Å²) >= 11 is 0. The molecule has 0 amide bonds. The van der Waals surface area contributed by atoms with Gasteiger partial charge in [0.05, 0.1) is 6.04 Å². The van der Waals surface area contributed by atoms with Crippen LogP contribution in [0.4, 0.5) is 8.78 Å². The van der Waals surface area contributed by atoms with E-state index in [0.717, 1.165) is 31.2 Å². The minimum atomic E-state index is -2.48. The highest BCUT2D eigenvalue weighted by Crippen LogP contribution is 2.40. The van der Waals surface area contributed by atoms with E-state index in [4.69, 9.17) is 0 Å². The maximum absolute atomic E-state index is 13.2. The molecule has 0 radical (unpaired) electrons. The Hall–Kier alpha value is -1.04. The van der Waals surface area contributed by atoms with Gasteiger partial charge in [-0.05, 0) is 19.3 Å². The number of alkyl halides is 2. The zero-order valence-electron chi connectivity index (χ0n) is 11.2. The van der Waals surface area contributed by atoms with E-state index in [1.54, 1.807) is 0 Å². The molecule has 2 heterocycles. The average Bonchev–Trinajstić information content (AvgIpc) is 2.82. The van der Waals surface area contributed by atoms with Crippen molar-refractivity contribution in [1.29, 1.82) is 0 Å². The van der Waals surface area contributed by atoms with Crippen LogP contribution in [0.3, 0.4) is 0 Å². The summed E-state index contributed by atoms with van der Waals surface area (Å²) in [5.41, 5.74) is 0. The number of nitrogens with one attached hydrogen (secondary N) is 1. The fourth-order valence-corrected chi connectivity index (χ4v) is 3.18. The molecule has 106 valence electrons. The minimum absolute atomic E-state index is 0.0185. The van der Waals surface area contributed by atoms with Gasteiger partial charge in [-0.15, -0.1) is 10.2 Å². The van der Waals surface area contributed by atoms with Gasteiger partial charge in [0, 0.05) is 31.8 Å². The lowest BCUT2D eigenvalue weighted by molar-refractivity contribution is -0.0390. The highest BCUT2D eigenvalue weighted by atomic mass is 19.3. The van der Waals surface area contributed by atoms with E-state index in [-0.39, 0.29) is 24.8 Å². The third kappa shape index (κ3) is 2.38. The molecule has 0 spiro atoms. The second-order valence-electron chi connectivity index (χ2n) is 5.61. The molecule has 19 heavy (non-hydrogen) atoms. The Morgan fingerprint density at radius 3 is 2.63 bits per heavy atom. The highest BCUT2D eigenvalue weighted by Gasteiger charge is 2.38. The number of hydrogen-bond acceptors (Lipinski definition) is 3. The smallest absolute Gasteiger partial charge is 0.248 e. The molecule has 1 aromatic rings. The topological polar surface area (TPSA) is 42.7 Å². The number of fused-ring (bicyclic) bond motifs is 1. The molecule has 1 aromatic heterocycles. The van der Waals surface area contributed by atoms with Crippen LogP contribution in [0.2, 0.25) is 0 Å². The molecule has 2 aliphatic rings. The summed E-state index contributed by atoms with van der Waals surface area (Å²) in [6, 6.07) is 0.250. The summed E-state index contributed by atoms with van der Waals surface area (Å²) in [5, 5.41) is 12.0. The van der Waals surface area contributed by atoms with E-state index in [2.05, 4.69) is 27.0 Å². The molecule has 1 unspecified atom stereocenters. The second-order valence-corrected chi connectivity index (χ2v) is 5.61. The zero-order valence-corrected chi connectivity index (χ0v) is 11.2. The van der Waals surface area contributed by atoms with Gasteiger partial charge in [0.1, 0.15) is 11.6 Å². The number of nitrogens with zero attached hydrogens (tertiary/aromatic N) is 3. The third-order valence-electron chi connectivity index (χ3n) is 4.34. The van der Waals surface area contributed by atoms with Crippen LogP contribution in [0, 0.1) is 0 Å².